The van der Waals surface area contributed by atoms with E-state index in [1.165, 1.54) is 32.3 Å². The fourth-order valence-electron chi connectivity index (χ4n) is 2.79. The monoisotopic (exact) mass is 400 g/mol. The summed E-state index contributed by atoms with van der Waals surface area (Å²) in [7, 11) is 1.20. The zero-order valence-corrected chi connectivity index (χ0v) is 14.7. The Bertz CT molecular complexity index is 1180. The summed E-state index contributed by atoms with van der Waals surface area (Å²) in [6.45, 7) is 1.67. The Morgan fingerprint density at radius 1 is 1.11 bits per heavy atom. The van der Waals surface area contributed by atoms with Crippen molar-refractivity contribution < 1.29 is 26.4 Å². The highest BCUT2D eigenvalue weighted by Gasteiger charge is 2.37. The molecule has 0 aliphatic carbocycles. The lowest BCUT2D eigenvalue weighted by atomic mass is 10.1. The van der Waals surface area contributed by atoms with Crippen molar-refractivity contribution in [3.05, 3.63) is 47.7 Å². The minimum Gasteiger partial charge on any atom is -0.442 e. The minimum atomic E-state index is -4.83. The predicted molar refractivity (Wildman–Crippen MR) is 89.3 cm³/mol. The summed E-state index contributed by atoms with van der Waals surface area (Å²) in [5.74, 6) is 0.329. The van der Waals surface area contributed by atoms with Crippen LogP contribution in [0.2, 0.25) is 0 Å². The third-order valence-electron chi connectivity index (χ3n) is 4.02. The molecule has 0 aliphatic rings. The first-order valence-electron chi connectivity index (χ1n) is 7.53. The number of hydrogen-bond donors (Lipinski definition) is 0. The van der Waals surface area contributed by atoms with Gasteiger partial charge in [0.1, 0.15) is 22.7 Å². The molecule has 0 fully saturated rings. The van der Waals surface area contributed by atoms with Crippen molar-refractivity contribution in [3.8, 4) is 11.5 Å². The van der Waals surface area contributed by atoms with Gasteiger partial charge in [0.2, 0.25) is 0 Å². The highest BCUT2D eigenvalue weighted by atomic mass is 31.0. The number of fused-ring (bicyclic) bond motifs is 3. The molecule has 4 rings (SSSR count). The third kappa shape index (κ3) is 2.93. The maximum atomic E-state index is 13.7. The van der Waals surface area contributed by atoms with Gasteiger partial charge in [-0.3, -0.25) is 4.40 Å². The number of pyridine rings is 2. The average Bonchev–Trinajstić information content (AvgIpc) is 3.17. The lowest BCUT2D eigenvalue weighted by Crippen LogP contribution is -2.13. The van der Waals surface area contributed by atoms with Crippen molar-refractivity contribution in [2.75, 3.05) is 0 Å². The SMILES string of the molecule is Cc1ncoc1-c1cn2c(ccc3c(C(F)(F)F)cc(C(F)(F)P)nc32)n1. The number of nitrogens with zero attached hydrogens (tertiary/aromatic N) is 4. The molecule has 4 heterocycles. The molecule has 0 N–H and O–H groups in total. The van der Waals surface area contributed by atoms with E-state index in [-0.39, 0.29) is 16.7 Å². The molecular weight excluding hydrogens is 390 g/mol. The van der Waals surface area contributed by atoms with E-state index in [0.717, 1.165) is 6.07 Å². The van der Waals surface area contributed by atoms with Crippen LogP contribution in [0.25, 0.3) is 28.1 Å². The highest BCUT2D eigenvalue weighted by molar-refractivity contribution is 7.17. The number of hydrogen-bond acceptors (Lipinski definition) is 4. The van der Waals surface area contributed by atoms with Crippen molar-refractivity contribution in [2.45, 2.75) is 18.8 Å². The van der Waals surface area contributed by atoms with E-state index in [4.69, 9.17) is 4.42 Å². The van der Waals surface area contributed by atoms with E-state index in [1.54, 1.807) is 6.92 Å². The molecule has 0 bridgehead atoms. The maximum absolute atomic E-state index is 13.7. The molecule has 0 spiro atoms. The van der Waals surface area contributed by atoms with Crippen molar-refractivity contribution in [2.24, 2.45) is 0 Å². The van der Waals surface area contributed by atoms with Crippen molar-refractivity contribution in [1.29, 1.82) is 0 Å². The maximum Gasteiger partial charge on any atom is 0.417 e. The van der Waals surface area contributed by atoms with Gasteiger partial charge in [-0.05, 0) is 25.1 Å². The standard InChI is InChI=1S/C16H10F5N4OP/c1-7-13(26-6-22-7)10-5-25-12(23-10)3-2-8-9(15(17,18)19)4-11(16(20,21)27)24-14(8)25/h2-6H,27H2,1H3. The number of oxazole rings is 1. The van der Waals surface area contributed by atoms with E-state index < -0.39 is 23.1 Å². The zero-order chi connectivity index (χ0) is 19.6. The summed E-state index contributed by atoms with van der Waals surface area (Å²) in [5, 5.41) is -0.314. The van der Waals surface area contributed by atoms with Gasteiger partial charge in [-0.15, -0.1) is 0 Å². The van der Waals surface area contributed by atoms with E-state index in [0.29, 0.717) is 23.2 Å². The fourth-order valence-corrected chi connectivity index (χ4v) is 2.94. The second-order valence-electron chi connectivity index (χ2n) is 5.87. The number of imidazole rings is 1. The van der Waals surface area contributed by atoms with Gasteiger partial charge >= 0.3 is 6.18 Å². The first-order chi connectivity index (χ1) is 12.6. The molecule has 4 aromatic rings. The van der Waals surface area contributed by atoms with Gasteiger partial charge in [-0.2, -0.15) is 22.0 Å². The summed E-state index contributed by atoms with van der Waals surface area (Å²) < 4.78 is 74.2. The van der Waals surface area contributed by atoms with Crippen molar-refractivity contribution in [3.63, 3.8) is 0 Å². The molecule has 0 saturated heterocycles. The van der Waals surface area contributed by atoms with Gasteiger partial charge in [0.05, 0.1) is 11.3 Å². The third-order valence-corrected chi connectivity index (χ3v) is 4.32. The van der Waals surface area contributed by atoms with Crippen LogP contribution in [0, 0.1) is 6.92 Å². The minimum absolute atomic E-state index is 0.234. The first kappa shape index (κ1) is 17.8. The number of halogens is 5. The van der Waals surface area contributed by atoms with Crippen LogP contribution in [0.5, 0.6) is 0 Å². The van der Waals surface area contributed by atoms with Crippen LogP contribution in [0.15, 0.2) is 35.2 Å². The van der Waals surface area contributed by atoms with Gasteiger partial charge in [0.15, 0.2) is 12.2 Å². The zero-order valence-electron chi connectivity index (χ0n) is 13.6. The average molecular weight is 400 g/mol. The van der Waals surface area contributed by atoms with Gasteiger partial charge < -0.3 is 4.42 Å². The Hall–Kier alpha value is -2.61. The molecule has 5 nitrogen and oxygen atoms in total. The summed E-state index contributed by atoms with van der Waals surface area (Å²) in [6.07, 6.45) is -2.24. The Morgan fingerprint density at radius 2 is 1.85 bits per heavy atom. The number of alkyl halides is 5. The molecule has 27 heavy (non-hydrogen) atoms. The normalized spacial score (nSPS) is 13.0. The Kier molecular flexibility index (Phi) is 3.75. The van der Waals surface area contributed by atoms with Crippen molar-refractivity contribution >= 4 is 25.9 Å². The van der Waals surface area contributed by atoms with Crippen LogP contribution < -0.4 is 0 Å². The van der Waals surface area contributed by atoms with Crippen LogP contribution in [0.4, 0.5) is 22.0 Å². The van der Waals surface area contributed by atoms with E-state index in [1.807, 2.05) is 0 Å². The summed E-state index contributed by atoms with van der Waals surface area (Å²) in [4.78, 5) is 12.0. The molecule has 0 radical (unpaired) electrons. The summed E-state index contributed by atoms with van der Waals surface area (Å²) in [5.41, 5.74) is -5.04. The molecule has 1 unspecified atom stereocenters. The van der Waals surface area contributed by atoms with Gasteiger partial charge in [0.25, 0.3) is 5.66 Å². The second kappa shape index (κ2) is 5.69. The van der Waals surface area contributed by atoms with Crippen molar-refractivity contribution in [1.82, 2.24) is 19.4 Å². The Morgan fingerprint density at radius 3 is 2.44 bits per heavy atom. The van der Waals surface area contributed by atoms with E-state index in [2.05, 4.69) is 15.0 Å². The molecule has 1 atom stereocenters. The molecule has 4 aromatic heterocycles. The molecule has 140 valence electrons. The van der Waals surface area contributed by atoms with Gasteiger partial charge in [0, 0.05) is 11.6 Å². The predicted octanol–water partition coefficient (Wildman–Crippen LogP) is 4.79. The molecule has 0 aliphatic heterocycles. The summed E-state index contributed by atoms with van der Waals surface area (Å²) >= 11 is 0. The number of aromatic nitrogens is 4. The quantitative estimate of drug-likeness (QED) is 0.359. The number of rotatable bonds is 2. The second-order valence-corrected chi connectivity index (χ2v) is 6.59. The van der Waals surface area contributed by atoms with E-state index in [9.17, 15) is 22.0 Å². The van der Waals surface area contributed by atoms with Crippen LogP contribution in [-0.4, -0.2) is 19.4 Å². The molecular formula is C16H10F5N4OP. The first-order valence-corrected chi connectivity index (χ1v) is 8.11. The topological polar surface area (TPSA) is 56.2 Å². The van der Waals surface area contributed by atoms with Crippen LogP contribution in [-0.2, 0) is 11.8 Å². The van der Waals surface area contributed by atoms with Crippen LogP contribution >= 0.6 is 9.24 Å². The smallest absolute Gasteiger partial charge is 0.417 e. The largest absolute Gasteiger partial charge is 0.442 e. The Balaban J connectivity index is 2.08. The lowest BCUT2D eigenvalue weighted by molar-refractivity contribution is -0.136. The molecule has 0 saturated carbocycles. The lowest BCUT2D eigenvalue weighted by Gasteiger charge is -2.16. The fraction of sp³-hybridized carbons (Fsp3) is 0.188. The number of aryl methyl sites for hydroxylation is 1. The molecule has 11 heteroatoms. The molecule has 0 amide bonds. The Labute approximate surface area is 150 Å². The van der Waals surface area contributed by atoms with Crippen LogP contribution in [0.3, 0.4) is 0 Å². The molecule has 0 aromatic carbocycles. The van der Waals surface area contributed by atoms with Crippen LogP contribution in [0.1, 0.15) is 17.0 Å². The van der Waals surface area contributed by atoms with Gasteiger partial charge in [-0.1, -0.05) is 9.24 Å². The van der Waals surface area contributed by atoms with E-state index >= 15 is 0 Å². The summed E-state index contributed by atoms with van der Waals surface area (Å²) in [6, 6.07) is 2.88. The van der Waals surface area contributed by atoms with Gasteiger partial charge in [-0.25, -0.2) is 15.0 Å². The highest BCUT2D eigenvalue weighted by Crippen LogP contribution is 2.40.